The minimum Gasteiger partial charge on any atom is -0.462 e. The van der Waals surface area contributed by atoms with Crippen molar-refractivity contribution in [2.75, 3.05) is 13.2 Å². The van der Waals surface area contributed by atoms with Crippen LogP contribution >= 0.6 is 0 Å². The van der Waals surface area contributed by atoms with Gasteiger partial charge in [-0.3, -0.25) is 14.4 Å². The Balaban J connectivity index is 4.27. The third-order valence-corrected chi connectivity index (χ3v) is 15.3. The van der Waals surface area contributed by atoms with Gasteiger partial charge in [-0.1, -0.05) is 329 Å². The number of esters is 3. The third-order valence-electron chi connectivity index (χ3n) is 15.3. The fourth-order valence-corrected chi connectivity index (χ4v) is 9.97. The van der Waals surface area contributed by atoms with Crippen molar-refractivity contribution in [2.24, 2.45) is 0 Å². The summed E-state index contributed by atoms with van der Waals surface area (Å²) in [6.07, 6.45) is 96.9. The van der Waals surface area contributed by atoms with Crippen molar-refractivity contribution >= 4 is 17.9 Å². The van der Waals surface area contributed by atoms with Crippen molar-refractivity contribution in [1.82, 2.24) is 0 Å². The molecule has 0 rings (SSSR count). The van der Waals surface area contributed by atoms with Gasteiger partial charge in [0, 0.05) is 19.3 Å². The van der Waals surface area contributed by atoms with E-state index in [9.17, 15) is 14.4 Å². The molecule has 0 saturated heterocycles. The van der Waals surface area contributed by atoms with Gasteiger partial charge in [-0.2, -0.15) is 0 Å². The topological polar surface area (TPSA) is 78.9 Å². The molecular formula is C77H132O6. The van der Waals surface area contributed by atoms with E-state index in [4.69, 9.17) is 14.2 Å². The Labute approximate surface area is 514 Å². The van der Waals surface area contributed by atoms with Crippen molar-refractivity contribution in [3.63, 3.8) is 0 Å². The molecule has 6 nitrogen and oxygen atoms in total. The quantitative estimate of drug-likeness (QED) is 0.0261. The van der Waals surface area contributed by atoms with Gasteiger partial charge in [0.1, 0.15) is 13.2 Å². The second-order valence-corrected chi connectivity index (χ2v) is 23.4. The van der Waals surface area contributed by atoms with Gasteiger partial charge in [0.25, 0.3) is 0 Å². The summed E-state index contributed by atoms with van der Waals surface area (Å²) in [5, 5.41) is 0. The van der Waals surface area contributed by atoms with E-state index >= 15 is 0 Å². The van der Waals surface area contributed by atoms with Crippen molar-refractivity contribution in [3.05, 3.63) is 109 Å². The summed E-state index contributed by atoms with van der Waals surface area (Å²) >= 11 is 0. The average molecular weight is 1150 g/mol. The number of carbonyl (C=O) groups is 3. The second-order valence-electron chi connectivity index (χ2n) is 23.4. The zero-order chi connectivity index (χ0) is 59.9. The summed E-state index contributed by atoms with van der Waals surface area (Å²) in [5.74, 6) is -0.895. The first-order valence-electron chi connectivity index (χ1n) is 35.4. The zero-order valence-electron chi connectivity index (χ0n) is 54.7. The first kappa shape index (κ1) is 79.1. The van der Waals surface area contributed by atoms with E-state index in [-0.39, 0.29) is 31.1 Å². The average Bonchev–Trinajstić information content (AvgIpc) is 3.48. The molecule has 0 amide bonds. The minimum atomic E-state index is -0.788. The molecule has 0 radical (unpaired) electrons. The van der Waals surface area contributed by atoms with Gasteiger partial charge >= 0.3 is 17.9 Å². The molecule has 0 fully saturated rings. The lowest BCUT2D eigenvalue weighted by Crippen LogP contribution is -2.30. The van der Waals surface area contributed by atoms with Crippen LogP contribution in [0, 0.1) is 0 Å². The van der Waals surface area contributed by atoms with E-state index in [1.807, 2.05) is 0 Å². The lowest BCUT2D eigenvalue weighted by atomic mass is 10.0. The highest BCUT2D eigenvalue weighted by Crippen LogP contribution is 2.17. The van der Waals surface area contributed by atoms with Crippen LogP contribution in [0.15, 0.2) is 109 Å². The maximum absolute atomic E-state index is 12.9. The number of rotatable bonds is 64. The van der Waals surface area contributed by atoms with Gasteiger partial charge in [-0.15, -0.1) is 0 Å². The Morgan fingerprint density at radius 1 is 0.253 bits per heavy atom. The van der Waals surface area contributed by atoms with Crippen LogP contribution < -0.4 is 0 Å². The van der Waals surface area contributed by atoms with Gasteiger partial charge in [0.2, 0.25) is 0 Å². The van der Waals surface area contributed by atoms with Crippen molar-refractivity contribution < 1.29 is 28.6 Å². The van der Waals surface area contributed by atoms with Crippen LogP contribution in [0.1, 0.15) is 342 Å². The van der Waals surface area contributed by atoms with Gasteiger partial charge in [-0.05, 0) is 103 Å². The predicted octanol–water partition coefficient (Wildman–Crippen LogP) is 24.6. The molecule has 0 aliphatic heterocycles. The minimum absolute atomic E-state index is 0.0847. The summed E-state index contributed by atoms with van der Waals surface area (Å²) in [6, 6.07) is 0. The Morgan fingerprint density at radius 2 is 0.482 bits per heavy atom. The number of allylic oxidation sites excluding steroid dienone is 18. The molecule has 0 aliphatic rings. The highest BCUT2D eigenvalue weighted by molar-refractivity contribution is 5.71. The van der Waals surface area contributed by atoms with Crippen LogP contribution in [-0.2, 0) is 28.6 Å². The van der Waals surface area contributed by atoms with Crippen LogP contribution in [0.25, 0.3) is 0 Å². The molecule has 1 unspecified atom stereocenters. The van der Waals surface area contributed by atoms with Crippen LogP contribution in [0.4, 0.5) is 0 Å². The monoisotopic (exact) mass is 1150 g/mol. The molecule has 0 aromatic heterocycles. The first-order chi connectivity index (χ1) is 41.0. The van der Waals surface area contributed by atoms with Crippen molar-refractivity contribution in [2.45, 2.75) is 348 Å². The normalized spacial score (nSPS) is 12.8. The van der Waals surface area contributed by atoms with E-state index in [1.165, 1.54) is 173 Å². The maximum atomic E-state index is 12.9. The molecule has 0 heterocycles. The number of hydrogen-bond acceptors (Lipinski definition) is 6. The smallest absolute Gasteiger partial charge is 0.306 e. The van der Waals surface area contributed by atoms with E-state index in [0.29, 0.717) is 19.3 Å². The fraction of sp³-hybridized carbons (Fsp3) is 0.727. The maximum Gasteiger partial charge on any atom is 0.306 e. The van der Waals surface area contributed by atoms with Crippen molar-refractivity contribution in [3.8, 4) is 0 Å². The molecule has 0 N–H and O–H groups in total. The molecule has 0 aromatic carbocycles. The van der Waals surface area contributed by atoms with Crippen LogP contribution in [-0.4, -0.2) is 37.2 Å². The molecule has 476 valence electrons. The molecular weight excluding hydrogens is 1020 g/mol. The standard InChI is InChI=1S/C77H132O6/c1-4-7-10-13-16-19-22-24-26-28-30-32-34-35-36-37-38-39-40-41-43-44-46-48-50-52-55-58-61-64-67-70-76(79)82-73-74(72-81-75(78)69-66-63-60-57-54-21-18-15-12-9-6-3)83-77(80)71-68-65-62-59-56-53-51-49-47-45-42-33-31-29-27-25-23-20-17-14-11-8-5-2/h7,10,15-16,18-19,24,26,30,32,35-36,38-39,41,43,46,48,74H,4-6,8-9,11-14,17,20-23,25,27-29,31,33-34,37,40,42,44-45,47,49-73H2,1-3H3/b10-7-,18-15-,19-16-,26-24-,32-30-,36-35-,39-38-,43-41-,48-46-. The largest absolute Gasteiger partial charge is 0.462 e. The summed E-state index contributed by atoms with van der Waals surface area (Å²) < 4.78 is 16.9. The van der Waals surface area contributed by atoms with E-state index in [0.717, 1.165) is 128 Å². The third kappa shape index (κ3) is 68.7. The SMILES string of the molecule is CC/C=C\C/C=C\C/C=C\C/C=C\C/C=C\C/C=C\C/C=C\C/C=C\CCCCCCCCC(=O)OCC(COC(=O)CCCCCCC/C=C\CCCC)OC(=O)CCCCCCCCCCCCCCCCCCCCCCCCC. The highest BCUT2D eigenvalue weighted by Gasteiger charge is 2.19. The Kier molecular flexibility index (Phi) is 67.2. The Morgan fingerprint density at radius 3 is 0.783 bits per heavy atom. The van der Waals surface area contributed by atoms with E-state index in [2.05, 4.69) is 130 Å². The van der Waals surface area contributed by atoms with Crippen molar-refractivity contribution in [1.29, 1.82) is 0 Å². The Hall–Kier alpha value is -3.93. The molecule has 83 heavy (non-hydrogen) atoms. The number of carbonyl (C=O) groups excluding carboxylic acids is 3. The van der Waals surface area contributed by atoms with Crippen LogP contribution in [0.3, 0.4) is 0 Å². The summed E-state index contributed by atoms with van der Waals surface area (Å²) in [7, 11) is 0. The molecule has 0 spiro atoms. The molecule has 0 aromatic rings. The molecule has 0 saturated carbocycles. The van der Waals surface area contributed by atoms with Gasteiger partial charge in [0.15, 0.2) is 6.10 Å². The number of ether oxygens (including phenoxy) is 3. The zero-order valence-corrected chi connectivity index (χ0v) is 54.7. The Bertz CT molecular complexity index is 1660. The summed E-state index contributed by atoms with van der Waals surface area (Å²) in [4.78, 5) is 38.4. The van der Waals surface area contributed by atoms with Gasteiger partial charge in [-0.25, -0.2) is 0 Å². The fourth-order valence-electron chi connectivity index (χ4n) is 9.97. The van der Waals surface area contributed by atoms with Gasteiger partial charge < -0.3 is 14.2 Å². The summed E-state index contributed by atoms with van der Waals surface area (Å²) in [6.45, 7) is 6.51. The van der Waals surface area contributed by atoms with Crippen LogP contribution in [0.5, 0.6) is 0 Å². The highest BCUT2D eigenvalue weighted by atomic mass is 16.6. The van der Waals surface area contributed by atoms with Gasteiger partial charge in [0.05, 0.1) is 0 Å². The number of hydrogen-bond donors (Lipinski definition) is 0. The van der Waals surface area contributed by atoms with Crippen LogP contribution in [0.2, 0.25) is 0 Å². The lowest BCUT2D eigenvalue weighted by Gasteiger charge is -2.18. The molecule has 6 heteroatoms. The van der Waals surface area contributed by atoms with E-state index in [1.54, 1.807) is 0 Å². The number of unbranched alkanes of at least 4 members (excludes halogenated alkanes) is 35. The second kappa shape index (κ2) is 70.6. The summed E-state index contributed by atoms with van der Waals surface area (Å²) in [5.41, 5.74) is 0. The molecule has 1 atom stereocenters. The van der Waals surface area contributed by atoms with E-state index < -0.39 is 6.10 Å². The molecule has 0 bridgehead atoms. The first-order valence-corrected chi connectivity index (χ1v) is 35.4. The predicted molar refractivity (Wildman–Crippen MR) is 362 cm³/mol. The molecule has 0 aliphatic carbocycles. The lowest BCUT2D eigenvalue weighted by molar-refractivity contribution is -0.167.